The number of urea groups is 1. The minimum Gasteiger partial charge on any atom is -0.338 e. The topological polar surface area (TPSA) is 83.1 Å². The van der Waals surface area contributed by atoms with Crippen molar-refractivity contribution in [3.8, 4) is 0 Å². The molecule has 3 aromatic rings. The summed E-state index contributed by atoms with van der Waals surface area (Å²) in [6, 6.07) is 17.0. The molecule has 1 aromatic heterocycles. The van der Waals surface area contributed by atoms with Crippen molar-refractivity contribution in [3.05, 3.63) is 81.8 Å². The largest absolute Gasteiger partial charge is 0.338 e. The smallest absolute Gasteiger partial charge is 0.315 e. The predicted octanol–water partition coefficient (Wildman–Crippen LogP) is 4.22. The maximum Gasteiger partial charge on any atom is 0.315 e. The molecule has 29 heavy (non-hydrogen) atoms. The van der Waals surface area contributed by atoms with Crippen LogP contribution in [0.3, 0.4) is 0 Å². The summed E-state index contributed by atoms with van der Waals surface area (Å²) in [5.41, 5.74) is 2.14. The van der Waals surface area contributed by atoms with E-state index in [-0.39, 0.29) is 24.9 Å². The number of rotatable bonds is 8. The van der Waals surface area contributed by atoms with E-state index in [4.69, 9.17) is 11.6 Å². The molecule has 0 aliphatic carbocycles. The van der Waals surface area contributed by atoms with Gasteiger partial charge >= 0.3 is 6.03 Å². The third-order valence-corrected chi connectivity index (χ3v) is 5.19. The van der Waals surface area contributed by atoms with Crippen LogP contribution >= 0.6 is 22.9 Å². The van der Waals surface area contributed by atoms with Gasteiger partial charge in [-0.1, -0.05) is 54.1 Å². The molecular weight excluding hydrogens is 408 g/mol. The Morgan fingerprint density at radius 1 is 0.966 bits per heavy atom. The number of anilines is 1. The van der Waals surface area contributed by atoms with E-state index >= 15 is 0 Å². The Labute approximate surface area is 178 Å². The van der Waals surface area contributed by atoms with Crippen LogP contribution in [0.4, 0.5) is 9.93 Å². The lowest BCUT2D eigenvalue weighted by Gasteiger charge is -2.07. The fourth-order valence-corrected chi connectivity index (χ4v) is 3.55. The highest BCUT2D eigenvalue weighted by molar-refractivity contribution is 7.15. The number of hydrogen-bond acceptors (Lipinski definition) is 4. The summed E-state index contributed by atoms with van der Waals surface area (Å²) in [6.45, 7) is 0.684. The lowest BCUT2D eigenvalue weighted by atomic mass is 10.1. The first-order valence-corrected chi connectivity index (χ1v) is 10.3. The van der Waals surface area contributed by atoms with Crippen molar-refractivity contribution in [2.45, 2.75) is 19.4 Å². The van der Waals surface area contributed by atoms with E-state index in [1.54, 1.807) is 6.20 Å². The Morgan fingerprint density at radius 2 is 1.72 bits per heavy atom. The molecule has 0 radical (unpaired) electrons. The zero-order chi connectivity index (χ0) is 20.5. The Balaban J connectivity index is 1.35. The average Bonchev–Trinajstić information content (AvgIpc) is 3.15. The average molecular weight is 429 g/mol. The normalized spacial score (nSPS) is 10.4. The van der Waals surface area contributed by atoms with Crippen LogP contribution in [0.5, 0.6) is 0 Å². The number of carbonyl (C=O) groups excluding carboxylic acids is 2. The van der Waals surface area contributed by atoms with E-state index in [1.807, 2.05) is 54.6 Å². The van der Waals surface area contributed by atoms with Crippen LogP contribution in [-0.2, 0) is 17.8 Å². The molecule has 6 nitrogen and oxygen atoms in total. The molecule has 0 atom stereocenters. The summed E-state index contributed by atoms with van der Waals surface area (Å²) in [5, 5.41) is 9.44. The van der Waals surface area contributed by atoms with Crippen molar-refractivity contribution in [2.75, 3.05) is 11.9 Å². The molecule has 0 aliphatic rings. The highest BCUT2D eigenvalue weighted by atomic mass is 35.5. The molecule has 150 valence electrons. The minimum atomic E-state index is -0.304. The molecular formula is C21H21ClN4O2S. The van der Waals surface area contributed by atoms with Crippen LogP contribution in [0.25, 0.3) is 0 Å². The van der Waals surface area contributed by atoms with E-state index in [0.717, 1.165) is 22.4 Å². The summed E-state index contributed by atoms with van der Waals surface area (Å²) >= 11 is 7.33. The number of hydrogen-bond donors (Lipinski definition) is 3. The van der Waals surface area contributed by atoms with E-state index in [0.29, 0.717) is 16.7 Å². The first kappa shape index (κ1) is 20.8. The zero-order valence-corrected chi connectivity index (χ0v) is 17.2. The van der Waals surface area contributed by atoms with E-state index in [2.05, 4.69) is 20.9 Å². The summed E-state index contributed by atoms with van der Waals surface area (Å²) in [4.78, 5) is 29.1. The van der Waals surface area contributed by atoms with Crippen molar-refractivity contribution in [3.63, 3.8) is 0 Å². The number of carbonyl (C=O) groups is 2. The maximum absolute atomic E-state index is 12.0. The van der Waals surface area contributed by atoms with Gasteiger partial charge in [0.15, 0.2) is 5.13 Å². The van der Waals surface area contributed by atoms with E-state index < -0.39 is 0 Å². The number of benzene rings is 2. The number of amides is 3. The number of nitrogens with zero attached hydrogens (tertiary/aromatic N) is 1. The third kappa shape index (κ3) is 7.21. The molecule has 0 aliphatic heterocycles. The molecule has 1 heterocycles. The maximum atomic E-state index is 12.0. The van der Waals surface area contributed by atoms with Crippen LogP contribution in [0.15, 0.2) is 60.8 Å². The molecule has 0 spiro atoms. The van der Waals surface area contributed by atoms with Gasteiger partial charge in [-0.15, -0.1) is 11.3 Å². The second-order valence-electron chi connectivity index (χ2n) is 6.33. The van der Waals surface area contributed by atoms with Gasteiger partial charge < -0.3 is 16.0 Å². The lowest BCUT2D eigenvalue weighted by molar-refractivity contribution is -0.116. The minimum absolute atomic E-state index is 0.171. The summed E-state index contributed by atoms with van der Waals surface area (Å²) in [7, 11) is 0. The second-order valence-corrected chi connectivity index (χ2v) is 7.88. The zero-order valence-electron chi connectivity index (χ0n) is 15.7. The Bertz CT molecular complexity index is 945. The van der Waals surface area contributed by atoms with Crippen molar-refractivity contribution >= 4 is 40.0 Å². The van der Waals surface area contributed by atoms with Crippen LogP contribution in [-0.4, -0.2) is 23.5 Å². The van der Waals surface area contributed by atoms with Crippen molar-refractivity contribution in [1.82, 2.24) is 15.6 Å². The van der Waals surface area contributed by atoms with Gasteiger partial charge in [0.2, 0.25) is 5.91 Å². The molecule has 0 bridgehead atoms. The number of nitrogens with one attached hydrogen (secondary N) is 3. The molecule has 3 rings (SSSR count). The molecule has 8 heteroatoms. The van der Waals surface area contributed by atoms with Crippen molar-refractivity contribution in [2.24, 2.45) is 0 Å². The summed E-state index contributed by atoms with van der Waals surface area (Å²) < 4.78 is 0. The third-order valence-electron chi connectivity index (χ3n) is 4.03. The number of aromatic nitrogens is 1. The van der Waals surface area contributed by atoms with Gasteiger partial charge in [-0.3, -0.25) is 4.79 Å². The van der Waals surface area contributed by atoms with Gasteiger partial charge in [-0.2, -0.15) is 0 Å². The SMILES string of the molecule is O=C(CCNC(=O)NCc1ccccc1)Nc1ncc(Cc2ccc(Cl)cc2)s1. The summed E-state index contributed by atoms with van der Waals surface area (Å²) in [5.74, 6) is -0.194. The van der Waals surface area contributed by atoms with Crippen LogP contribution in [0, 0.1) is 0 Å². The molecule has 0 saturated heterocycles. The van der Waals surface area contributed by atoms with E-state index in [1.165, 1.54) is 11.3 Å². The fourth-order valence-electron chi connectivity index (χ4n) is 2.56. The highest BCUT2D eigenvalue weighted by Crippen LogP contribution is 2.22. The van der Waals surface area contributed by atoms with Gasteiger partial charge in [0.1, 0.15) is 0 Å². The Hall–Kier alpha value is -2.90. The Morgan fingerprint density at radius 3 is 2.48 bits per heavy atom. The molecule has 0 saturated carbocycles. The molecule has 3 amide bonds. The number of thiazole rings is 1. The monoisotopic (exact) mass is 428 g/mol. The van der Waals surface area contributed by atoms with Crippen LogP contribution < -0.4 is 16.0 Å². The summed E-state index contributed by atoms with van der Waals surface area (Å²) in [6.07, 6.45) is 2.66. The second kappa shape index (κ2) is 10.6. The number of halogens is 1. The first-order valence-electron chi connectivity index (χ1n) is 9.13. The predicted molar refractivity (Wildman–Crippen MR) is 116 cm³/mol. The quantitative estimate of drug-likeness (QED) is 0.502. The van der Waals surface area contributed by atoms with Crippen LogP contribution in [0.1, 0.15) is 22.4 Å². The molecule has 0 unspecified atom stereocenters. The van der Waals surface area contributed by atoms with E-state index in [9.17, 15) is 9.59 Å². The fraction of sp³-hybridized carbons (Fsp3) is 0.190. The van der Waals surface area contributed by atoms with Crippen molar-refractivity contribution < 1.29 is 9.59 Å². The first-order chi connectivity index (χ1) is 14.1. The van der Waals surface area contributed by atoms with Gasteiger partial charge in [0.25, 0.3) is 0 Å². The molecule has 3 N–H and O–H groups in total. The highest BCUT2D eigenvalue weighted by Gasteiger charge is 2.08. The van der Waals surface area contributed by atoms with Gasteiger partial charge in [0.05, 0.1) is 0 Å². The Kier molecular flexibility index (Phi) is 7.61. The lowest BCUT2D eigenvalue weighted by Crippen LogP contribution is -2.36. The molecule has 0 fully saturated rings. The van der Waals surface area contributed by atoms with Gasteiger partial charge in [0, 0.05) is 42.0 Å². The molecule has 2 aromatic carbocycles. The van der Waals surface area contributed by atoms with Gasteiger partial charge in [-0.05, 0) is 23.3 Å². The van der Waals surface area contributed by atoms with Crippen LogP contribution in [0.2, 0.25) is 5.02 Å². The standard InChI is InChI=1S/C21H21ClN4O2S/c22-17-8-6-15(7-9-17)12-18-14-25-21(29-18)26-19(27)10-11-23-20(28)24-13-16-4-2-1-3-5-16/h1-9,14H,10-13H2,(H2,23,24,28)(H,25,26,27). The van der Waals surface area contributed by atoms with Crippen molar-refractivity contribution in [1.29, 1.82) is 0 Å². The van der Waals surface area contributed by atoms with Gasteiger partial charge in [-0.25, -0.2) is 9.78 Å².